The Bertz CT molecular complexity index is 1830. The molecular weight excluding hydrogens is 620 g/mol. The molecule has 12 heteroatoms. The van der Waals surface area contributed by atoms with Gasteiger partial charge in [-0.3, -0.25) is 9.69 Å². The maximum atomic E-state index is 13.4. The lowest BCUT2D eigenvalue weighted by atomic mass is 9.91. The molecule has 1 amide bonds. The molecule has 4 heterocycles. The first-order chi connectivity index (χ1) is 23.5. The van der Waals surface area contributed by atoms with E-state index < -0.39 is 5.97 Å². The number of nitrogens with one attached hydrogen (secondary N) is 2. The maximum Gasteiger partial charge on any atom is 0.343 e. The summed E-state index contributed by atoms with van der Waals surface area (Å²) in [6, 6.07) is 8.28. The highest BCUT2D eigenvalue weighted by atomic mass is 16.5. The highest BCUT2D eigenvalue weighted by Crippen LogP contribution is 2.44. The molecule has 0 atom stereocenters. The van der Waals surface area contributed by atoms with Crippen LogP contribution in [0.15, 0.2) is 43.1 Å². The number of benzene rings is 1. The van der Waals surface area contributed by atoms with Crippen molar-refractivity contribution < 1.29 is 19.1 Å². The molecule has 2 aromatic heterocycles. The van der Waals surface area contributed by atoms with Crippen molar-refractivity contribution in [1.82, 2.24) is 19.9 Å². The fourth-order valence-electron chi connectivity index (χ4n) is 6.44. The first kappa shape index (κ1) is 33.7. The minimum absolute atomic E-state index is 0.229. The lowest BCUT2D eigenvalue weighted by molar-refractivity contribution is -0.111. The largest absolute Gasteiger partial charge is 0.494 e. The number of rotatable bonds is 10. The normalized spacial score (nSPS) is 16.8. The zero-order valence-electron chi connectivity index (χ0n) is 29.1. The highest BCUT2D eigenvalue weighted by Gasteiger charge is 2.40. The summed E-state index contributed by atoms with van der Waals surface area (Å²) in [6.07, 6.45) is 4.93. The van der Waals surface area contributed by atoms with Gasteiger partial charge in [0.2, 0.25) is 11.9 Å². The molecule has 0 unspecified atom stereocenters. The van der Waals surface area contributed by atoms with Crippen molar-refractivity contribution in [2.24, 2.45) is 0 Å². The molecule has 12 nitrogen and oxygen atoms in total. The Balaban J connectivity index is 1.38. The SMILES string of the molecule is C=CC(=O)Nc1cc(Nc2ncc(C(=O)OC(C)C)c(N3CC(C)(C)c4nc(C#CC)ccc43)n2)c(OC)cc1N1CCN(C2CC2)CC1. The second kappa shape index (κ2) is 13.8. The van der Waals surface area contributed by atoms with Crippen LogP contribution in [-0.2, 0) is 14.9 Å². The van der Waals surface area contributed by atoms with Crippen molar-refractivity contribution in [3.8, 4) is 17.6 Å². The fourth-order valence-corrected chi connectivity index (χ4v) is 6.44. The molecule has 1 saturated heterocycles. The van der Waals surface area contributed by atoms with E-state index in [0.717, 1.165) is 43.2 Å². The van der Waals surface area contributed by atoms with Gasteiger partial charge in [-0.1, -0.05) is 26.3 Å². The molecule has 2 fully saturated rings. The van der Waals surface area contributed by atoms with Crippen LogP contribution in [-0.4, -0.2) is 83.7 Å². The van der Waals surface area contributed by atoms with Crippen LogP contribution in [0, 0.1) is 11.8 Å². The summed E-state index contributed by atoms with van der Waals surface area (Å²) in [7, 11) is 1.60. The van der Waals surface area contributed by atoms with Crippen molar-refractivity contribution in [1.29, 1.82) is 0 Å². The third-order valence-corrected chi connectivity index (χ3v) is 8.92. The smallest absolute Gasteiger partial charge is 0.343 e. The van der Waals surface area contributed by atoms with Gasteiger partial charge in [-0.2, -0.15) is 4.98 Å². The van der Waals surface area contributed by atoms with Crippen LogP contribution in [0.4, 0.5) is 34.5 Å². The highest BCUT2D eigenvalue weighted by molar-refractivity contribution is 6.02. The van der Waals surface area contributed by atoms with Crippen molar-refractivity contribution in [2.75, 3.05) is 60.3 Å². The number of hydrogen-bond donors (Lipinski definition) is 2. The van der Waals surface area contributed by atoms with Crippen molar-refractivity contribution in [3.05, 3.63) is 60.1 Å². The molecule has 49 heavy (non-hydrogen) atoms. The molecule has 6 rings (SSSR count). The number of piperazine rings is 1. The van der Waals surface area contributed by atoms with E-state index >= 15 is 0 Å². The molecule has 256 valence electrons. The minimum Gasteiger partial charge on any atom is -0.494 e. The van der Waals surface area contributed by atoms with E-state index in [1.54, 1.807) is 27.9 Å². The summed E-state index contributed by atoms with van der Waals surface area (Å²) in [6.45, 7) is 17.3. The zero-order valence-corrected chi connectivity index (χ0v) is 29.1. The number of carbonyl (C=O) groups is 2. The predicted molar refractivity (Wildman–Crippen MR) is 191 cm³/mol. The summed E-state index contributed by atoms with van der Waals surface area (Å²) < 4.78 is 11.5. The summed E-state index contributed by atoms with van der Waals surface area (Å²) >= 11 is 0. The van der Waals surface area contributed by atoms with E-state index in [2.05, 4.69) is 57.7 Å². The molecule has 0 spiro atoms. The van der Waals surface area contributed by atoms with Gasteiger partial charge in [-0.05, 0) is 63.8 Å². The number of aromatic nitrogens is 3. The van der Waals surface area contributed by atoms with Crippen LogP contribution in [0.2, 0.25) is 0 Å². The van der Waals surface area contributed by atoms with Crippen molar-refractivity contribution >= 4 is 46.4 Å². The quantitative estimate of drug-likeness (QED) is 0.165. The van der Waals surface area contributed by atoms with E-state index in [-0.39, 0.29) is 28.9 Å². The number of amides is 1. The van der Waals surface area contributed by atoms with Crippen LogP contribution in [0.1, 0.15) is 69.2 Å². The Morgan fingerprint density at radius 3 is 2.49 bits per heavy atom. The lowest BCUT2D eigenvalue weighted by Gasteiger charge is -2.37. The fraction of sp³-hybridized carbons (Fsp3) is 0.432. The van der Waals surface area contributed by atoms with Gasteiger partial charge in [-0.25, -0.2) is 14.8 Å². The third kappa shape index (κ3) is 7.17. The maximum absolute atomic E-state index is 13.4. The van der Waals surface area contributed by atoms with Gasteiger partial charge in [0.1, 0.15) is 17.0 Å². The number of pyridine rings is 1. The van der Waals surface area contributed by atoms with Gasteiger partial charge in [-0.15, -0.1) is 0 Å². The van der Waals surface area contributed by atoms with E-state index in [1.807, 2.05) is 29.2 Å². The average molecular weight is 665 g/mol. The second-order valence-corrected chi connectivity index (χ2v) is 13.4. The molecule has 2 aliphatic heterocycles. The first-order valence-corrected chi connectivity index (χ1v) is 16.7. The van der Waals surface area contributed by atoms with Crippen LogP contribution in [0.3, 0.4) is 0 Å². The summed E-state index contributed by atoms with van der Waals surface area (Å²) in [4.78, 5) is 47.0. The van der Waals surface area contributed by atoms with Crippen LogP contribution >= 0.6 is 0 Å². The molecule has 3 aliphatic rings. The molecule has 0 bridgehead atoms. The van der Waals surface area contributed by atoms with E-state index in [9.17, 15) is 9.59 Å². The van der Waals surface area contributed by atoms with E-state index in [4.69, 9.17) is 19.4 Å². The number of methoxy groups -OCH3 is 1. The molecule has 1 saturated carbocycles. The van der Waals surface area contributed by atoms with Gasteiger partial charge in [0.15, 0.2) is 5.82 Å². The van der Waals surface area contributed by atoms with Crippen LogP contribution in [0.5, 0.6) is 5.75 Å². The molecular formula is C37H44N8O4. The van der Waals surface area contributed by atoms with Crippen molar-refractivity contribution in [3.63, 3.8) is 0 Å². The Hall–Kier alpha value is -5.15. The predicted octanol–water partition coefficient (Wildman–Crippen LogP) is 5.40. The summed E-state index contributed by atoms with van der Waals surface area (Å²) in [5, 5.41) is 6.27. The number of esters is 1. The number of hydrogen-bond acceptors (Lipinski definition) is 11. The number of ether oxygens (including phenoxy) is 2. The van der Waals surface area contributed by atoms with Crippen LogP contribution < -0.4 is 25.2 Å². The summed E-state index contributed by atoms with van der Waals surface area (Å²) in [5.41, 5.74) is 4.24. The van der Waals surface area contributed by atoms with E-state index in [1.165, 1.54) is 25.1 Å². The van der Waals surface area contributed by atoms with E-state index in [0.29, 0.717) is 41.2 Å². The zero-order chi connectivity index (χ0) is 34.9. The number of carbonyl (C=O) groups excluding carboxylic acids is 2. The Morgan fingerprint density at radius 2 is 1.84 bits per heavy atom. The molecule has 3 aromatic rings. The topological polar surface area (TPSA) is 125 Å². The molecule has 1 aromatic carbocycles. The number of anilines is 6. The Labute approximate surface area is 287 Å². The Morgan fingerprint density at radius 1 is 1.08 bits per heavy atom. The van der Waals surface area contributed by atoms with Crippen LogP contribution in [0.25, 0.3) is 0 Å². The average Bonchev–Trinajstić information content (AvgIpc) is 3.89. The summed E-state index contributed by atoms with van der Waals surface area (Å²) in [5.74, 6) is 6.27. The molecule has 1 aliphatic carbocycles. The van der Waals surface area contributed by atoms with Gasteiger partial charge in [0.05, 0.1) is 41.7 Å². The Kier molecular flexibility index (Phi) is 9.48. The third-order valence-electron chi connectivity index (χ3n) is 8.92. The molecule has 2 N–H and O–H groups in total. The second-order valence-electron chi connectivity index (χ2n) is 13.4. The molecule has 0 radical (unpaired) electrons. The van der Waals surface area contributed by atoms with Gasteiger partial charge in [0.25, 0.3) is 0 Å². The van der Waals surface area contributed by atoms with Crippen molar-refractivity contribution in [2.45, 2.75) is 65.0 Å². The monoisotopic (exact) mass is 664 g/mol. The standard InChI is InChI=1S/C37H44N8O4/c1-8-10-24-11-14-29-33(39-24)37(5,6)22-45(29)34-26(35(47)49-23(3)4)21-38-36(42-34)41-28-19-27(40-32(46)9-2)30(20-31(28)48-7)44-17-15-43(16-18-44)25-12-13-25/h9,11,14,19-21,23,25H,2,12-13,15-18,22H2,1,3-7H3,(H,40,46)(H,38,41,42). The van der Waals surface area contributed by atoms with Gasteiger partial charge < -0.3 is 29.9 Å². The first-order valence-electron chi connectivity index (χ1n) is 16.7. The minimum atomic E-state index is -0.526. The number of fused-ring (bicyclic) bond motifs is 1. The lowest BCUT2D eigenvalue weighted by Crippen LogP contribution is -2.47. The number of nitrogens with zero attached hydrogens (tertiary/aromatic N) is 6. The van der Waals surface area contributed by atoms with Gasteiger partial charge >= 0.3 is 5.97 Å². The van der Waals surface area contributed by atoms with Gasteiger partial charge in [0, 0.05) is 56.4 Å².